The smallest absolute Gasteiger partial charge is 0.422 e. The number of hydrogen-bond donors (Lipinski definition) is 1. The van der Waals surface area contributed by atoms with Crippen LogP contribution in [-0.2, 0) is 0 Å². The summed E-state index contributed by atoms with van der Waals surface area (Å²) in [4.78, 5) is 14.4. The maximum absolute atomic E-state index is 14.1. The predicted octanol–water partition coefficient (Wildman–Crippen LogP) is 3.44. The fourth-order valence-electron chi connectivity index (χ4n) is 2.03. The maximum atomic E-state index is 14.1. The summed E-state index contributed by atoms with van der Waals surface area (Å²) in [5.74, 6) is -5.15. The molecule has 0 unspecified atom stereocenters. The van der Waals surface area contributed by atoms with Gasteiger partial charge in [-0.25, -0.2) is 23.1 Å². The Balaban J connectivity index is 1.94. The van der Waals surface area contributed by atoms with Crippen molar-refractivity contribution in [3.05, 3.63) is 47.9 Å². The third-order valence-corrected chi connectivity index (χ3v) is 3.12. The van der Waals surface area contributed by atoms with E-state index in [4.69, 9.17) is 9.84 Å². The summed E-state index contributed by atoms with van der Waals surface area (Å²) in [7, 11) is 0. The average Bonchev–Trinajstić information content (AvgIpc) is 2.97. The first-order valence-electron chi connectivity index (χ1n) is 7.07. The molecule has 3 aromatic heterocycles. The number of carbonyl (C=O) groups is 1. The molecule has 12 heteroatoms. The average molecular weight is 389 g/mol. The van der Waals surface area contributed by atoms with E-state index in [9.17, 15) is 26.7 Å². The van der Waals surface area contributed by atoms with Gasteiger partial charge in [0.2, 0.25) is 0 Å². The van der Waals surface area contributed by atoms with E-state index >= 15 is 0 Å². The van der Waals surface area contributed by atoms with E-state index in [0.717, 1.165) is 22.8 Å². The van der Waals surface area contributed by atoms with Crippen LogP contribution < -0.4 is 9.47 Å². The molecule has 3 rings (SSSR count). The van der Waals surface area contributed by atoms with Crippen LogP contribution in [-0.4, -0.2) is 38.5 Å². The molecule has 0 bridgehead atoms. The normalized spacial score (nSPS) is 11.6. The van der Waals surface area contributed by atoms with Gasteiger partial charge in [-0.05, 0) is 6.07 Å². The van der Waals surface area contributed by atoms with Gasteiger partial charge in [-0.3, -0.25) is 0 Å². The zero-order valence-electron chi connectivity index (χ0n) is 13.0. The molecule has 0 aliphatic rings. The highest BCUT2D eigenvalue weighted by molar-refractivity contribution is 5.87. The molecule has 7 nitrogen and oxygen atoms in total. The van der Waals surface area contributed by atoms with E-state index in [1.54, 1.807) is 0 Å². The lowest BCUT2D eigenvalue weighted by atomic mass is 10.3. The standard InChI is InChI=1S/C15H8F5N3O4/c16-7-1-12(26-6-15(18,19)20)13(21-4-7)27-11-3-8-2-10(14(24)25)22-23(8)5-9(11)17/h1-5H,6H2,(H,24,25). The number of ether oxygens (including phenoxy) is 2. The van der Waals surface area contributed by atoms with Crippen molar-refractivity contribution in [1.82, 2.24) is 14.6 Å². The Kier molecular flexibility index (Phi) is 4.56. The molecule has 3 heterocycles. The Morgan fingerprint density at radius 3 is 2.59 bits per heavy atom. The van der Waals surface area contributed by atoms with Crippen molar-refractivity contribution >= 4 is 11.5 Å². The van der Waals surface area contributed by atoms with Crippen LogP contribution in [0.4, 0.5) is 22.0 Å². The number of halogens is 5. The molecule has 0 radical (unpaired) electrons. The lowest BCUT2D eigenvalue weighted by Crippen LogP contribution is -2.19. The van der Waals surface area contributed by atoms with Crippen molar-refractivity contribution < 1.29 is 41.3 Å². The number of alkyl halides is 3. The highest BCUT2D eigenvalue weighted by atomic mass is 19.4. The van der Waals surface area contributed by atoms with Gasteiger partial charge >= 0.3 is 12.1 Å². The molecule has 1 N–H and O–H groups in total. The van der Waals surface area contributed by atoms with E-state index in [1.165, 1.54) is 0 Å². The summed E-state index contributed by atoms with van der Waals surface area (Å²) >= 11 is 0. The summed E-state index contributed by atoms with van der Waals surface area (Å²) in [6, 6.07) is 2.77. The van der Waals surface area contributed by atoms with E-state index in [-0.39, 0.29) is 11.2 Å². The number of rotatable bonds is 5. The molecule has 142 valence electrons. The second-order valence-electron chi connectivity index (χ2n) is 5.15. The molecule has 0 spiro atoms. The molecule has 0 saturated heterocycles. The van der Waals surface area contributed by atoms with Crippen LogP contribution in [0.1, 0.15) is 10.5 Å². The molecule has 0 atom stereocenters. The monoisotopic (exact) mass is 389 g/mol. The fraction of sp³-hybridized carbons (Fsp3) is 0.133. The molecule has 0 saturated carbocycles. The molecule has 0 aromatic carbocycles. The van der Waals surface area contributed by atoms with Crippen molar-refractivity contribution in [2.75, 3.05) is 6.61 Å². The molecule has 3 aromatic rings. The van der Waals surface area contributed by atoms with Gasteiger partial charge in [0.05, 0.1) is 17.9 Å². The van der Waals surface area contributed by atoms with Gasteiger partial charge in [-0.2, -0.15) is 18.3 Å². The van der Waals surface area contributed by atoms with Gasteiger partial charge in [0.15, 0.2) is 29.6 Å². The van der Waals surface area contributed by atoms with E-state index < -0.39 is 47.8 Å². The fourth-order valence-corrected chi connectivity index (χ4v) is 2.03. The number of aromatic nitrogens is 3. The van der Waals surface area contributed by atoms with Gasteiger partial charge in [0, 0.05) is 12.1 Å². The third-order valence-electron chi connectivity index (χ3n) is 3.12. The van der Waals surface area contributed by atoms with Crippen molar-refractivity contribution in [2.24, 2.45) is 0 Å². The predicted molar refractivity (Wildman–Crippen MR) is 77.9 cm³/mol. The molecular formula is C15H8F5N3O4. The first kappa shape index (κ1) is 18.4. The van der Waals surface area contributed by atoms with Crippen LogP contribution in [0.15, 0.2) is 30.6 Å². The number of nitrogens with zero attached hydrogens (tertiary/aromatic N) is 3. The zero-order valence-corrected chi connectivity index (χ0v) is 13.0. The second-order valence-corrected chi connectivity index (χ2v) is 5.15. The van der Waals surface area contributed by atoms with Crippen molar-refractivity contribution in [2.45, 2.75) is 6.18 Å². The van der Waals surface area contributed by atoms with Gasteiger partial charge in [0.25, 0.3) is 5.88 Å². The van der Waals surface area contributed by atoms with E-state index in [2.05, 4.69) is 14.8 Å². The SMILES string of the molecule is O=C(O)c1cc2cc(Oc3ncc(F)cc3OCC(F)(F)F)c(F)cn2n1. The van der Waals surface area contributed by atoms with Crippen molar-refractivity contribution in [3.8, 4) is 17.4 Å². The van der Waals surface area contributed by atoms with Crippen LogP contribution >= 0.6 is 0 Å². The second kappa shape index (κ2) is 6.70. The highest BCUT2D eigenvalue weighted by Gasteiger charge is 2.29. The summed E-state index contributed by atoms with van der Waals surface area (Å²) in [5, 5.41) is 12.5. The Morgan fingerprint density at radius 2 is 1.93 bits per heavy atom. The number of pyridine rings is 2. The number of carboxylic acids is 1. The minimum atomic E-state index is -4.70. The molecule has 0 fully saturated rings. The zero-order chi connectivity index (χ0) is 19.8. The molecule has 0 amide bonds. The summed E-state index contributed by atoms with van der Waals surface area (Å²) in [6.07, 6.45) is -3.25. The van der Waals surface area contributed by atoms with E-state index in [0.29, 0.717) is 12.3 Å². The van der Waals surface area contributed by atoms with Gasteiger partial charge in [-0.1, -0.05) is 0 Å². The van der Waals surface area contributed by atoms with Crippen LogP contribution in [0, 0.1) is 11.6 Å². The van der Waals surface area contributed by atoms with Crippen LogP contribution in [0.2, 0.25) is 0 Å². The van der Waals surface area contributed by atoms with E-state index in [1.807, 2.05) is 0 Å². The number of carboxylic acid groups (broad SMARTS) is 1. The Hall–Kier alpha value is -3.44. The molecule has 0 aliphatic carbocycles. The van der Waals surface area contributed by atoms with Crippen LogP contribution in [0.3, 0.4) is 0 Å². The largest absolute Gasteiger partial charge is 0.478 e. The minimum Gasteiger partial charge on any atom is -0.478 e. The summed E-state index contributed by atoms with van der Waals surface area (Å²) < 4.78 is 74.8. The summed E-state index contributed by atoms with van der Waals surface area (Å²) in [6.45, 7) is -1.74. The maximum Gasteiger partial charge on any atom is 0.422 e. The van der Waals surface area contributed by atoms with Crippen LogP contribution in [0.25, 0.3) is 5.52 Å². The number of hydrogen-bond acceptors (Lipinski definition) is 5. The number of fused-ring (bicyclic) bond motifs is 1. The van der Waals surface area contributed by atoms with Gasteiger partial charge in [0.1, 0.15) is 5.82 Å². The van der Waals surface area contributed by atoms with Crippen LogP contribution in [0.5, 0.6) is 17.4 Å². The first-order chi connectivity index (χ1) is 12.6. The van der Waals surface area contributed by atoms with Crippen molar-refractivity contribution in [1.29, 1.82) is 0 Å². The Labute approximate surface area is 146 Å². The molecular weight excluding hydrogens is 381 g/mol. The molecule has 0 aliphatic heterocycles. The lowest BCUT2D eigenvalue weighted by Gasteiger charge is -2.13. The van der Waals surface area contributed by atoms with Gasteiger partial charge in [-0.15, -0.1) is 0 Å². The Bertz CT molecular complexity index is 1020. The quantitative estimate of drug-likeness (QED) is 0.673. The van der Waals surface area contributed by atoms with Crippen molar-refractivity contribution in [3.63, 3.8) is 0 Å². The van der Waals surface area contributed by atoms with Gasteiger partial charge < -0.3 is 14.6 Å². The minimum absolute atomic E-state index is 0.128. The molecule has 27 heavy (non-hydrogen) atoms. The lowest BCUT2D eigenvalue weighted by molar-refractivity contribution is -0.153. The highest BCUT2D eigenvalue weighted by Crippen LogP contribution is 2.33. The Morgan fingerprint density at radius 1 is 1.19 bits per heavy atom. The number of aromatic carboxylic acids is 1. The first-order valence-corrected chi connectivity index (χ1v) is 7.07. The summed E-state index contributed by atoms with van der Waals surface area (Å²) in [5.41, 5.74) is -0.232. The topological polar surface area (TPSA) is 86.0 Å². The third kappa shape index (κ3) is 4.22.